The Morgan fingerprint density at radius 3 is 3.07 bits per heavy atom. The number of nitrogens with two attached hydrogens (primary N) is 1. The van der Waals surface area contributed by atoms with E-state index in [2.05, 4.69) is 4.98 Å². The molecule has 0 fully saturated rings. The molecule has 3 N–H and O–H groups in total. The summed E-state index contributed by atoms with van der Waals surface area (Å²) in [6.45, 7) is 0. The molecule has 0 aliphatic rings. The van der Waals surface area contributed by atoms with Crippen LogP contribution in [-0.4, -0.2) is 20.5 Å². The van der Waals surface area contributed by atoms with E-state index in [0.717, 1.165) is 5.65 Å². The minimum Gasteiger partial charge on any atom is -0.481 e. The lowest BCUT2D eigenvalue weighted by Gasteiger charge is -2.03. The van der Waals surface area contributed by atoms with Crippen molar-refractivity contribution in [2.75, 3.05) is 0 Å². The van der Waals surface area contributed by atoms with Crippen LogP contribution < -0.4 is 5.73 Å². The van der Waals surface area contributed by atoms with Crippen molar-refractivity contribution < 1.29 is 9.90 Å². The van der Waals surface area contributed by atoms with E-state index in [-0.39, 0.29) is 6.42 Å². The molecule has 1 atom stereocenters. The largest absolute Gasteiger partial charge is 0.481 e. The molecule has 2 heterocycles. The topological polar surface area (TPSA) is 80.6 Å². The van der Waals surface area contributed by atoms with Crippen LogP contribution in [0.5, 0.6) is 0 Å². The van der Waals surface area contributed by atoms with E-state index in [9.17, 15) is 4.79 Å². The maximum atomic E-state index is 10.5. The third-order valence-electron chi connectivity index (χ3n) is 2.16. The number of carboxylic acid groups (broad SMARTS) is 1. The van der Waals surface area contributed by atoms with Gasteiger partial charge in [-0.2, -0.15) is 0 Å². The first-order valence-electron chi connectivity index (χ1n) is 4.58. The number of carbonyl (C=O) groups is 1. The Morgan fingerprint density at radius 1 is 1.60 bits per heavy atom. The minimum absolute atomic E-state index is 0.107. The molecule has 2 aromatic heterocycles. The predicted octanol–water partition coefficient (Wildman–Crippen LogP) is 0.809. The summed E-state index contributed by atoms with van der Waals surface area (Å²) >= 11 is 0. The average molecular weight is 205 g/mol. The summed E-state index contributed by atoms with van der Waals surface area (Å²) in [6, 6.07) is 5.04. The maximum absolute atomic E-state index is 10.5. The molecule has 15 heavy (non-hydrogen) atoms. The molecular formula is C10H11N3O2. The number of hydrogen-bond donors (Lipinski definition) is 2. The second-order valence-electron chi connectivity index (χ2n) is 3.34. The van der Waals surface area contributed by atoms with Gasteiger partial charge >= 0.3 is 5.97 Å². The van der Waals surface area contributed by atoms with E-state index < -0.39 is 12.0 Å². The summed E-state index contributed by atoms with van der Waals surface area (Å²) < 4.78 is 1.82. The second-order valence-corrected chi connectivity index (χ2v) is 3.34. The number of aliphatic carboxylic acids is 1. The molecule has 2 rings (SSSR count). The molecule has 0 amide bonds. The first kappa shape index (κ1) is 9.67. The number of aromatic nitrogens is 2. The molecule has 0 aromatic carbocycles. The third kappa shape index (κ3) is 1.97. The Labute approximate surface area is 86.2 Å². The second kappa shape index (κ2) is 3.70. The van der Waals surface area contributed by atoms with Crippen LogP contribution >= 0.6 is 0 Å². The number of rotatable bonds is 3. The van der Waals surface area contributed by atoms with E-state index >= 15 is 0 Å². The van der Waals surface area contributed by atoms with Crippen LogP contribution in [0.4, 0.5) is 0 Å². The molecule has 0 radical (unpaired) electrons. The van der Waals surface area contributed by atoms with Crippen LogP contribution in [0.1, 0.15) is 18.2 Å². The van der Waals surface area contributed by atoms with Gasteiger partial charge in [-0.15, -0.1) is 0 Å². The van der Waals surface area contributed by atoms with Gasteiger partial charge in [0.15, 0.2) is 0 Å². The van der Waals surface area contributed by atoms with Gasteiger partial charge in [0.25, 0.3) is 0 Å². The maximum Gasteiger partial charge on any atom is 0.305 e. The monoisotopic (exact) mass is 205 g/mol. The zero-order valence-electron chi connectivity index (χ0n) is 8.00. The fourth-order valence-corrected chi connectivity index (χ4v) is 1.43. The molecule has 1 unspecified atom stereocenters. The van der Waals surface area contributed by atoms with Crippen molar-refractivity contribution in [2.45, 2.75) is 12.5 Å². The van der Waals surface area contributed by atoms with E-state index in [1.54, 1.807) is 6.20 Å². The Balaban J connectivity index is 2.32. The highest BCUT2D eigenvalue weighted by Crippen LogP contribution is 2.13. The lowest BCUT2D eigenvalue weighted by atomic mass is 10.2. The van der Waals surface area contributed by atoms with Gasteiger partial charge in [-0.05, 0) is 12.1 Å². The van der Waals surface area contributed by atoms with Crippen LogP contribution in [0.25, 0.3) is 5.65 Å². The molecule has 5 nitrogen and oxygen atoms in total. The van der Waals surface area contributed by atoms with E-state index in [0.29, 0.717) is 5.69 Å². The van der Waals surface area contributed by atoms with Gasteiger partial charge in [0, 0.05) is 12.4 Å². The number of carboxylic acids is 1. The number of pyridine rings is 1. The van der Waals surface area contributed by atoms with Crippen LogP contribution in [0.3, 0.4) is 0 Å². The lowest BCUT2D eigenvalue weighted by Crippen LogP contribution is -2.15. The summed E-state index contributed by atoms with van der Waals surface area (Å²) in [5.41, 5.74) is 7.08. The van der Waals surface area contributed by atoms with Crippen molar-refractivity contribution in [3.05, 3.63) is 36.3 Å². The summed E-state index contributed by atoms with van der Waals surface area (Å²) in [4.78, 5) is 14.7. The van der Waals surface area contributed by atoms with Gasteiger partial charge < -0.3 is 15.2 Å². The Hall–Kier alpha value is -1.88. The van der Waals surface area contributed by atoms with Crippen molar-refractivity contribution in [3.8, 4) is 0 Å². The van der Waals surface area contributed by atoms with Gasteiger partial charge in [-0.1, -0.05) is 6.07 Å². The van der Waals surface area contributed by atoms with Crippen molar-refractivity contribution >= 4 is 11.6 Å². The van der Waals surface area contributed by atoms with Crippen molar-refractivity contribution in [2.24, 2.45) is 5.73 Å². The highest BCUT2D eigenvalue weighted by atomic mass is 16.4. The van der Waals surface area contributed by atoms with Crippen LogP contribution in [-0.2, 0) is 4.79 Å². The molecule has 5 heteroatoms. The molecule has 0 bridgehead atoms. The highest BCUT2D eigenvalue weighted by Gasteiger charge is 2.13. The summed E-state index contributed by atoms with van der Waals surface area (Å²) in [5.74, 6) is -0.917. The fraction of sp³-hybridized carbons (Fsp3) is 0.200. The molecule has 0 spiro atoms. The molecular weight excluding hydrogens is 194 g/mol. The summed E-state index contributed by atoms with van der Waals surface area (Å²) in [6.07, 6.45) is 3.49. The van der Waals surface area contributed by atoms with E-state index in [1.807, 2.05) is 28.8 Å². The quantitative estimate of drug-likeness (QED) is 0.776. The minimum atomic E-state index is -0.917. The van der Waals surface area contributed by atoms with Gasteiger partial charge in [0.1, 0.15) is 5.65 Å². The zero-order chi connectivity index (χ0) is 10.8. The number of fused-ring (bicyclic) bond motifs is 1. The summed E-state index contributed by atoms with van der Waals surface area (Å²) in [7, 11) is 0. The number of hydrogen-bond acceptors (Lipinski definition) is 3. The third-order valence-corrected chi connectivity index (χ3v) is 2.16. The van der Waals surface area contributed by atoms with Gasteiger partial charge in [-0.3, -0.25) is 4.79 Å². The smallest absolute Gasteiger partial charge is 0.305 e. The molecule has 2 aromatic rings. The standard InChI is InChI=1S/C10H11N3O2/c11-7(5-10(14)15)8-6-13-4-2-1-3-9(13)12-8/h1-4,6-7H,5,11H2,(H,14,15). The van der Waals surface area contributed by atoms with Crippen molar-refractivity contribution in [1.29, 1.82) is 0 Å². The average Bonchev–Trinajstić information content (AvgIpc) is 2.59. The molecule has 0 aliphatic carbocycles. The summed E-state index contributed by atoms with van der Waals surface area (Å²) in [5, 5.41) is 8.61. The molecule has 0 saturated carbocycles. The SMILES string of the molecule is NC(CC(=O)O)c1cn2ccccc2n1. The first-order chi connectivity index (χ1) is 7.16. The lowest BCUT2D eigenvalue weighted by molar-refractivity contribution is -0.137. The normalized spacial score (nSPS) is 12.9. The zero-order valence-corrected chi connectivity index (χ0v) is 8.00. The van der Waals surface area contributed by atoms with Crippen molar-refractivity contribution in [3.63, 3.8) is 0 Å². The predicted molar refractivity (Wildman–Crippen MR) is 54.4 cm³/mol. The Kier molecular flexibility index (Phi) is 2.39. The Bertz CT molecular complexity index is 459. The molecule has 0 aliphatic heterocycles. The van der Waals surface area contributed by atoms with Crippen molar-refractivity contribution in [1.82, 2.24) is 9.38 Å². The Morgan fingerprint density at radius 2 is 2.40 bits per heavy atom. The van der Waals surface area contributed by atoms with E-state index in [4.69, 9.17) is 10.8 Å². The van der Waals surface area contributed by atoms with Crippen LogP contribution in [0.2, 0.25) is 0 Å². The first-order valence-corrected chi connectivity index (χ1v) is 4.58. The fourth-order valence-electron chi connectivity index (χ4n) is 1.43. The molecule has 0 saturated heterocycles. The van der Waals surface area contributed by atoms with E-state index in [1.165, 1.54) is 0 Å². The number of imidazole rings is 1. The molecule has 78 valence electrons. The number of nitrogens with zero attached hydrogens (tertiary/aromatic N) is 2. The van der Waals surface area contributed by atoms with Crippen LogP contribution in [0, 0.1) is 0 Å². The van der Waals surface area contributed by atoms with Gasteiger partial charge in [-0.25, -0.2) is 4.98 Å². The highest BCUT2D eigenvalue weighted by molar-refractivity contribution is 5.67. The van der Waals surface area contributed by atoms with Crippen LogP contribution in [0.15, 0.2) is 30.6 Å². The van der Waals surface area contributed by atoms with Gasteiger partial charge in [0.2, 0.25) is 0 Å². The van der Waals surface area contributed by atoms with Gasteiger partial charge in [0.05, 0.1) is 18.2 Å².